The minimum atomic E-state index is -0.507. The van der Waals surface area contributed by atoms with Gasteiger partial charge >= 0.3 is 5.97 Å². The fourth-order valence-electron chi connectivity index (χ4n) is 1.56. The standard InChI is InChI=1S/C15H18FNO4/c1-4-21-15(19)10-17(2)14(18)8-6-11-5-7-13(20-3)12(16)9-11/h5-9H,4,10H2,1-3H3. The average Bonchev–Trinajstić information content (AvgIpc) is 2.45. The van der Waals surface area contributed by atoms with E-state index in [2.05, 4.69) is 0 Å². The van der Waals surface area contributed by atoms with Crippen LogP contribution in [0.15, 0.2) is 24.3 Å². The number of benzene rings is 1. The van der Waals surface area contributed by atoms with Crippen molar-refractivity contribution in [3.8, 4) is 5.75 Å². The van der Waals surface area contributed by atoms with Crippen LogP contribution in [-0.4, -0.2) is 44.1 Å². The number of hydrogen-bond acceptors (Lipinski definition) is 4. The molecule has 0 aromatic heterocycles. The summed E-state index contributed by atoms with van der Waals surface area (Å²) in [6.07, 6.45) is 2.73. The van der Waals surface area contributed by atoms with Gasteiger partial charge < -0.3 is 14.4 Å². The van der Waals surface area contributed by atoms with Gasteiger partial charge in [0.2, 0.25) is 5.91 Å². The molecule has 0 radical (unpaired) electrons. The van der Waals surface area contributed by atoms with Crippen molar-refractivity contribution in [3.63, 3.8) is 0 Å². The highest BCUT2D eigenvalue weighted by molar-refractivity contribution is 5.93. The SMILES string of the molecule is CCOC(=O)CN(C)C(=O)C=Cc1ccc(OC)c(F)c1. The molecule has 1 aromatic rings. The summed E-state index contributed by atoms with van der Waals surface area (Å²) in [5.41, 5.74) is 0.520. The Hall–Kier alpha value is -2.37. The summed E-state index contributed by atoms with van der Waals surface area (Å²) in [6, 6.07) is 4.35. The molecule has 0 aliphatic rings. The molecule has 114 valence electrons. The van der Waals surface area contributed by atoms with Gasteiger partial charge in [-0.05, 0) is 30.7 Å². The number of carbonyl (C=O) groups excluding carboxylic acids is 2. The highest BCUT2D eigenvalue weighted by Crippen LogP contribution is 2.18. The molecule has 0 fully saturated rings. The van der Waals surface area contributed by atoms with Crippen LogP contribution in [0, 0.1) is 5.82 Å². The summed E-state index contributed by atoms with van der Waals surface area (Å²) in [6.45, 7) is 1.83. The molecule has 0 saturated carbocycles. The molecule has 21 heavy (non-hydrogen) atoms. The quantitative estimate of drug-likeness (QED) is 0.594. The summed E-state index contributed by atoms with van der Waals surface area (Å²) in [7, 11) is 2.86. The number of ether oxygens (including phenoxy) is 2. The smallest absolute Gasteiger partial charge is 0.325 e. The Morgan fingerprint density at radius 3 is 2.67 bits per heavy atom. The van der Waals surface area contributed by atoms with Gasteiger partial charge in [0.15, 0.2) is 11.6 Å². The summed E-state index contributed by atoms with van der Waals surface area (Å²) in [4.78, 5) is 24.2. The van der Waals surface area contributed by atoms with Gasteiger partial charge in [0.25, 0.3) is 0 Å². The molecule has 0 N–H and O–H groups in total. The zero-order chi connectivity index (χ0) is 15.8. The van der Waals surface area contributed by atoms with E-state index in [1.54, 1.807) is 13.0 Å². The molecule has 0 aliphatic carbocycles. The molecule has 6 heteroatoms. The monoisotopic (exact) mass is 295 g/mol. The van der Waals surface area contributed by atoms with Crippen molar-refractivity contribution in [1.29, 1.82) is 0 Å². The van der Waals surface area contributed by atoms with Crippen LogP contribution < -0.4 is 4.74 Å². The van der Waals surface area contributed by atoms with Crippen molar-refractivity contribution in [1.82, 2.24) is 4.90 Å². The van der Waals surface area contributed by atoms with Crippen LogP contribution in [0.2, 0.25) is 0 Å². The lowest BCUT2D eigenvalue weighted by Crippen LogP contribution is -2.31. The Bertz CT molecular complexity index is 542. The molecule has 1 aromatic carbocycles. The highest BCUT2D eigenvalue weighted by Gasteiger charge is 2.11. The molecular weight excluding hydrogens is 277 g/mol. The maximum Gasteiger partial charge on any atom is 0.325 e. The summed E-state index contributed by atoms with van der Waals surface area (Å²) < 4.78 is 23.0. The van der Waals surface area contributed by atoms with Crippen LogP contribution in [0.25, 0.3) is 6.08 Å². The van der Waals surface area contributed by atoms with Gasteiger partial charge in [0.05, 0.1) is 13.7 Å². The number of esters is 1. The second-order valence-electron chi connectivity index (χ2n) is 4.23. The maximum atomic E-state index is 13.5. The molecule has 0 atom stereocenters. The number of amides is 1. The third-order valence-corrected chi connectivity index (χ3v) is 2.64. The number of hydrogen-bond donors (Lipinski definition) is 0. The summed E-state index contributed by atoms with van der Waals surface area (Å²) >= 11 is 0. The van der Waals surface area contributed by atoms with E-state index in [0.717, 1.165) is 0 Å². The average molecular weight is 295 g/mol. The fourth-order valence-corrected chi connectivity index (χ4v) is 1.56. The van der Waals surface area contributed by atoms with E-state index < -0.39 is 11.8 Å². The zero-order valence-electron chi connectivity index (χ0n) is 12.3. The molecular formula is C15H18FNO4. The largest absolute Gasteiger partial charge is 0.494 e. The normalized spacial score (nSPS) is 10.5. The first kappa shape index (κ1) is 16.7. The van der Waals surface area contributed by atoms with E-state index in [9.17, 15) is 14.0 Å². The molecule has 5 nitrogen and oxygen atoms in total. The van der Waals surface area contributed by atoms with Crippen molar-refractivity contribution in [3.05, 3.63) is 35.7 Å². The van der Waals surface area contributed by atoms with E-state index >= 15 is 0 Å². The van der Waals surface area contributed by atoms with Gasteiger partial charge in [-0.2, -0.15) is 0 Å². The van der Waals surface area contributed by atoms with Crippen LogP contribution in [0.3, 0.4) is 0 Å². The maximum absolute atomic E-state index is 13.5. The lowest BCUT2D eigenvalue weighted by atomic mass is 10.2. The zero-order valence-corrected chi connectivity index (χ0v) is 12.3. The third kappa shape index (κ3) is 5.25. The predicted molar refractivity (Wildman–Crippen MR) is 76.3 cm³/mol. The Balaban J connectivity index is 2.65. The molecule has 1 rings (SSSR count). The first-order chi connectivity index (χ1) is 9.97. The first-order valence-electron chi connectivity index (χ1n) is 6.40. The Morgan fingerprint density at radius 1 is 1.38 bits per heavy atom. The molecule has 0 bridgehead atoms. The second kappa shape index (κ2) is 8.04. The Kier molecular flexibility index (Phi) is 6.39. The van der Waals surface area contributed by atoms with E-state index in [4.69, 9.17) is 9.47 Å². The number of likely N-dealkylation sites (N-methyl/N-ethyl adjacent to an activating group) is 1. The van der Waals surface area contributed by atoms with Gasteiger partial charge in [0.1, 0.15) is 6.54 Å². The molecule has 0 saturated heterocycles. The van der Waals surface area contributed by atoms with Crippen LogP contribution in [0.5, 0.6) is 5.75 Å². The van der Waals surface area contributed by atoms with Gasteiger partial charge in [0, 0.05) is 13.1 Å². The van der Waals surface area contributed by atoms with E-state index in [-0.39, 0.29) is 24.8 Å². The minimum absolute atomic E-state index is 0.131. The van der Waals surface area contributed by atoms with Crippen molar-refractivity contribution in [2.75, 3.05) is 27.3 Å². The van der Waals surface area contributed by atoms with Crippen LogP contribution in [0.1, 0.15) is 12.5 Å². The Labute approximate surface area is 123 Å². The third-order valence-electron chi connectivity index (χ3n) is 2.64. The fraction of sp³-hybridized carbons (Fsp3) is 0.333. The van der Waals surface area contributed by atoms with Gasteiger partial charge in [-0.1, -0.05) is 6.07 Å². The number of carbonyl (C=O) groups is 2. The van der Waals surface area contributed by atoms with Gasteiger partial charge in [-0.3, -0.25) is 9.59 Å². The van der Waals surface area contributed by atoms with Gasteiger partial charge in [-0.15, -0.1) is 0 Å². The van der Waals surface area contributed by atoms with E-state index in [1.165, 1.54) is 43.3 Å². The lowest BCUT2D eigenvalue weighted by molar-refractivity contribution is -0.146. The molecule has 0 spiro atoms. The Morgan fingerprint density at radius 2 is 2.10 bits per heavy atom. The number of methoxy groups -OCH3 is 1. The number of rotatable bonds is 6. The summed E-state index contributed by atoms with van der Waals surface area (Å²) in [5.74, 6) is -1.22. The van der Waals surface area contributed by atoms with Crippen molar-refractivity contribution in [2.24, 2.45) is 0 Å². The van der Waals surface area contributed by atoms with Crippen LogP contribution in [0.4, 0.5) is 4.39 Å². The minimum Gasteiger partial charge on any atom is -0.494 e. The van der Waals surface area contributed by atoms with Crippen molar-refractivity contribution < 1.29 is 23.5 Å². The van der Waals surface area contributed by atoms with Crippen LogP contribution in [-0.2, 0) is 14.3 Å². The topological polar surface area (TPSA) is 55.8 Å². The number of halogens is 1. The highest BCUT2D eigenvalue weighted by atomic mass is 19.1. The predicted octanol–water partition coefficient (Wildman–Crippen LogP) is 1.87. The van der Waals surface area contributed by atoms with Crippen LogP contribution >= 0.6 is 0 Å². The van der Waals surface area contributed by atoms with Crippen molar-refractivity contribution >= 4 is 18.0 Å². The lowest BCUT2D eigenvalue weighted by Gasteiger charge is -2.13. The summed E-state index contributed by atoms with van der Waals surface area (Å²) in [5, 5.41) is 0. The molecule has 1 amide bonds. The molecule has 0 unspecified atom stereocenters. The first-order valence-corrected chi connectivity index (χ1v) is 6.40. The van der Waals surface area contributed by atoms with Gasteiger partial charge in [-0.25, -0.2) is 4.39 Å². The van der Waals surface area contributed by atoms with E-state index in [0.29, 0.717) is 5.56 Å². The second-order valence-corrected chi connectivity index (χ2v) is 4.23. The molecule has 0 aliphatic heterocycles. The number of nitrogens with zero attached hydrogens (tertiary/aromatic N) is 1. The van der Waals surface area contributed by atoms with E-state index in [1.807, 2.05) is 0 Å². The molecule has 0 heterocycles. The van der Waals surface area contributed by atoms with Crippen molar-refractivity contribution in [2.45, 2.75) is 6.92 Å².